The highest BCUT2D eigenvalue weighted by Crippen LogP contribution is 2.57. The molecule has 0 N–H and O–H groups in total. The van der Waals surface area contributed by atoms with Crippen molar-refractivity contribution in [2.45, 2.75) is 49.5 Å². The SMILES string of the molecule is COc1cc(C2c3cc4c(cc3[C@H](OC(=O)C(Cc3ccccc3)N3C(=O)C5C6CCC(O6)C5C3=O)[C@H]3COC(=O)[C@H]23)OCO4)cc(OC)c1OC. The number of ether oxygens (including phenoxy) is 8. The number of fused-ring (bicyclic) bond motifs is 8. The number of likely N-dealkylation sites (tertiary alicyclic amines) is 1. The smallest absolute Gasteiger partial charge is 0.330 e. The molecular formula is C39H37NO12. The summed E-state index contributed by atoms with van der Waals surface area (Å²) in [4.78, 5) is 57.5. The van der Waals surface area contributed by atoms with Crippen LogP contribution in [-0.4, -0.2) is 81.6 Å². The standard InChI is InChI=1S/C39H37NO12/c1-45-28-12-19(13-29(46-2)35(28)47-3)30-20-14-26-27(50-17-49-26)15-21(20)34(22-16-48-39(44)31(22)30)52-38(43)23(11-18-7-5-4-6-8-18)40-36(41)32-24-9-10-25(51-24)33(32)37(40)42/h4-8,12-15,22-25,30-34H,9-11,16-17H2,1-3H3/t22-,23?,24?,25?,30?,31-,32?,33?,34-/m0/s1. The Hall–Kier alpha value is -5.30. The van der Waals surface area contributed by atoms with Crippen LogP contribution in [0, 0.1) is 23.7 Å². The van der Waals surface area contributed by atoms with Crippen LogP contribution in [0.25, 0.3) is 0 Å². The first-order valence-electron chi connectivity index (χ1n) is 17.5. The number of hydrogen-bond donors (Lipinski definition) is 0. The van der Waals surface area contributed by atoms with Gasteiger partial charge in [0.2, 0.25) is 24.4 Å². The van der Waals surface area contributed by atoms with Gasteiger partial charge in [-0.3, -0.25) is 19.3 Å². The largest absolute Gasteiger partial charge is 0.493 e. The fraction of sp³-hybridized carbons (Fsp3) is 0.436. The lowest BCUT2D eigenvalue weighted by molar-refractivity contribution is -0.167. The van der Waals surface area contributed by atoms with E-state index in [-0.39, 0.29) is 32.0 Å². The molecule has 0 spiro atoms. The van der Waals surface area contributed by atoms with Crippen molar-refractivity contribution in [3.8, 4) is 28.7 Å². The van der Waals surface area contributed by atoms with Crippen LogP contribution < -0.4 is 23.7 Å². The fourth-order valence-corrected chi connectivity index (χ4v) is 9.31. The van der Waals surface area contributed by atoms with E-state index < -0.39 is 65.5 Å². The number of methoxy groups -OCH3 is 3. The Morgan fingerprint density at radius 2 is 1.44 bits per heavy atom. The number of nitrogens with zero attached hydrogens (tertiary/aromatic N) is 1. The van der Waals surface area contributed by atoms with Crippen LogP contribution in [0.3, 0.4) is 0 Å². The molecule has 2 bridgehead atoms. The molecule has 4 fully saturated rings. The molecule has 9 atom stereocenters. The van der Waals surface area contributed by atoms with Crippen LogP contribution in [0.15, 0.2) is 54.6 Å². The molecule has 0 saturated carbocycles. The summed E-state index contributed by atoms with van der Waals surface area (Å²) in [5.74, 6) is -3.12. The number of hydrogen-bond acceptors (Lipinski definition) is 12. The van der Waals surface area contributed by atoms with Gasteiger partial charge in [0.05, 0.1) is 57.9 Å². The van der Waals surface area contributed by atoms with E-state index in [4.69, 9.17) is 37.9 Å². The van der Waals surface area contributed by atoms with Crippen LogP contribution in [0.1, 0.15) is 47.1 Å². The number of amides is 2. The van der Waals surface area contributed by atoms with E-state index in [0.717, 1.165) is 10.5 Å². The van der Waals surface area contributed by atoms with Gasteiger partial charge in [-0.25, -0.2) is 4.79 Å². The molecule has 1 aliphatic carbocycles. The summed E-state index contributed by atoms with van der Waals surface area (Å²) in [6.07, 6.45) is -0.206. The lowest BCUT2D eigenvalue weighted by Crippen LogP contribution is -2.49. The third-order valence-corrected chi connectivity index (χ3v) is 11.6. The average Bonchev–Trinajstić information content (AvgIpc) is 4.00. The molecule has 9 rings (SSSR count). The summed E-state index contributed by atoms with van der Waals surface area (Å²) in [5, 5.41) is 0. The Labute approximate surface area is 298 Å². The van der Waals surface area contributed by atoms with E-state index >= 15 is 0 Å². The second kappa shape index (κ2) is 12.4. The molecule has 270 valence electrons. The molecule has 3 aromatic carbocycles. The lowest BCUT2D eigenvalue weighted by Gasteiger charge is -2.39. The van der Waals surface area contributed by atoms with Crippen LogP contribution in [0.2, 0.25) is 0 Å². The summed E-state index contributed by atoms with van der Waals surface area (Å²) in [6, 6.07) is 15.1. The van der Waals surface area contributed by atoms with Gasteiger partial charge < -0.3 is 37.9 Å². The fourth-order valence-electron chi connectivity index (χ4n) is 9.31. The average molecular weight is 712 g/mol. The van der Waals surface area contributed by atoms with Gasteiger partial charge in [-0.15, -0.1) is 0 Å². The Kier molecular flexibility index (Phi) is 7.79. The highest BCUT2D eigenvalue weighted by atomic mass is 16.7. The molecule has 5 aliphatic heterocycles. The number of cyclic esters (lactones) is 1. The maximum atomic E-state index is 14.7. The topological polar surface area (TPSA) is 145 Å². The molecular weight excluding hydrogens is 674 g/mol. The van der Waals surface area contributed by atoms with Crippen LogP contribution >= 0.6 is 0 Å². The van der Waals surface area contributed by atoms with E-state index in [1.165, 1.54) is 21.3 Å². The van der Waals surface area contributed by atoms with Crippen LogP contribution in [0.5, 0.6) is 28.7 Å². The monoisotopic (exact) mass is 711 g/mol. The molecule has 13 heteroatoms. The van der Waals surface area contributed by atoms with Gasteiger partial charge in [0.15, 0.2) is 23.0 Å². The van der Waals surface area contributed by atoms with Gasteiger partial charge >= 0.3 is 11.9 Å². The summed E-state index contributed by atoms with van der Waals surface area (Å²) in [6.45, 7) is -0.0230. The van der Waals surface area contributed by atoms with Gasteiger partial charge in [-0.1, -0.05) is 30.3 Å². The van der Waals surface area contributed by atoms with Crippen molar-refractivity contribution in [2.75, 3.05) is 34.7 Å². The van der Waals surface area contributed by atoms with E-state index in [1.54, 1.807) is 24.3 Å². The first kappa shape index (κ1) is 32.6. The molecule has 0 aromatic heterocycles. The van der Waals surface area contributed by atoms with E-state index in [9.17, 15) is 19.2 Å². The molecule has 3 aromatic rings. The predicted molar refractivity (Wildman–Crippen MR) is 178 cm³/mol. The van der Waals surface area contributed by atoms with Crippen molar-refractivity contribution >= 4 is 23.8 Å². The Morgan fingerprint density at radius 1 is 0.808 bits per heavy atom. The second-order valence-corrected chi connectivity index (χ2v) is 14.0. The van der Waals surface area contributed by atoms with Gasteiger partial charge in [0.1, 0.15) is 12.1 Å². The number of carbonyl (C=O) groups excluding carboxylic acids is 4. The number of rotatable bonds is 9. The zero-order chi connectivity index (χ0) is 35.8. The van der Waals surface area contributed by atoms with Gasteiger partial charge in [-0.05, 0) is 53.8 Å². The molecule has 4 saturated heterocycles. The van der Waals surface area contributed by atoms with Crippen LogP contribution in [-0.2, 0) is 39.8 Å². The van der Waals surface area contributed by atoms with Crippen molar-refractivity contribution in [1.29, 1.82) is 0 Å². The third-order valence-electron chi connectivity index (χ3n) is 11.6. The number of benzene rings is 3. The highest BCUT2D eigenvalue weighted by molar-refractivity contribution is 6.09. The Balaban J connectivity index is 1.13. The van der Waals surface area contributed by atoms with Crippen molar-refractivity contribution in [2.24, 2.45) is 23.7 Å². The minimum atomic E-state index is -1.24. The first-order valence-corrected chi connectivity index (χ1v) is 17.5. The summed E-state index contributed by atoms with van der Waals surface area (Å²) in [7, 11) is 4.55. The Bertz CT molecular complexity index is 1930. The maximum absolute atomic E-state index is 14.7. The second-order valence-electron chi connectivity index (χ2n) is 14.0. The molecule has 5 heterocycles. The van der Waals surface area contributed by atoms with Gasteiger partial charge in [0.25, 0.3) is 0 Å². The summed E-state index contributed by atoms with van der Waals surface area (Å²) < 4.78 is 46.6. The van der Waals surface area contributed by atoms with E-state index in [0.29, 0.717) is 58.3 Å². The summed E-state index contributed by atoms with van der Waals surface area (Å²) >= 11 is 0. The molecule has 6 aliphatic rings. The van der Waals surface area contributed by atoms with Crippen molar-refractivity contribution in [3.63, 3.8) is 0 Å². The van der Waals surface area contributed by atoms with Crippen molar-refractivity contribution < 1.29 is 57.1 Å². The molecule has 52 heavy (non-hydrogen) atoms. The van der Waals surface area contributed by atoms with Gasteiger partial charge in [0, 0.05) is 23.8 Å². The lowest BCUT2D eigenvalue weighted by atomic mass is 9.66. The zero-order valence-corrected chi connectivity index (χ0v) is 28.8. The highest BCUT2D eigenvalue weighted by Gasteiger charge is 2.64. The van der Waals surface area contributed by atoms with Crippen LogP contribution in [0.4, 0.5) is 0 Å². The minimum Gasteiger partial charge on any atom is -0.493 e. The number of imide groups is 1. The molecule has 0 radical (unpaired) electrons. The van der Waals surface area contributed by atoms with E-state index in [1.807, 2.05) is 30.3 Å². The molecule has 13 nitrogen and oxygen atoms in total. The number of carbonyl (C=O) groups is 4. The maximum Gasteiger partial charge on any atom is 0.330 e. The first-order chi connectivity index (χ1) is 25.3. The quantitative estimate of drug-likeness (QED) is 0.236. The van der Waals surface area contributed by atoms with Gasteiger partial charge in [-0.2, -0.15) is 0 Å². The minimum absolute atomic E-state index is 0.00119. The zero-order valence-electron chi connectivity index (χ0n) is 28.8. The molecule has 2 amide bonds. The predicted octanol–water partition coefficient (Wildman–Crippen LogP) is 3.73. The van der Waals surface area contributed by atoms with Crippen molar-refractivity contribution in [3.05, 3.63) is 76.9 Å². The van der Waals surface area contributed by atoms with E-state index in [2.05, 4.69) is 0 Å². The number of esters is 2. The normalized spacial score (nSPS) is 29.7. The summed E-state index contributed by atoms with van der Waals surface area (Å²) in [5.41, 5.74) is 2.70. The van der Waals surface area contributed by atoms with Crippen molar-refractivity contribution in [1.82, 2.24) is 4.90 Å². The third kappa shape index (κ3) is 4.85. The Morgan fingerprint density at radius 3 is 2.06 bits per heavy atom. The molecule has 6 unspecified atom stereocenters.